The average molecular weight is 298 g/mol. The van der Waals surface area contributed by atoms with Crippen molar-refractivity contribution in [3.05, 3.63) is 72.1 Å². The Labute approximate surface area is 127 Å². The molecule has 2 rings (SSSR count). The van der Waals surface area contributed by atoms with Crippen LogP contribution in [0.3, 0.4) is 0 Å². The first-order valence-electron chi connectivity index (χ1n) is 6.70. The van der Waals surface area contributed by atoms with E-state index in [-0.39, 0.29) is 12.5 Å². The lowest BCUT2D eigenvalue weighted by Gasteiger charge is -2.05. The number of carbonyl (C=O) groups is 2. The molecule has 2 aromatic rings. The van der Waals surface area contributed by atoms with E-state index >= 15 is 0 Å². The van der Waals surface area contributed by atoms with Gasteiger partial charge in [0.05, 0.1) is 6.54 Å². The molecule has 0 spiro atoms. The van der Waals surface area contributed by atoms with Gasteiger partial charge in [-0.05, 0) is 29.8 Å². The van der Waals surface area contributed by atoms with E-state index < -0.39 is 11.7 Å². The number of carbonyl (C=O) groups excluding carboxylic acids is 2. The van der Waals surface area contributed by atoms with Crippen molar-refractivity contribution >= 4 is 23.6 Å². The van der Waals surface area contributed by atoms with Gasteiger partial charge in [0.1, 0.15) is 5.82 Å². The van der Waals surface area contributed by atoms with E-state index in [4.69, 9.17) is 0 Å². The van der Waals surface area contributed by atoms with Crippen LogP contribution in [-0.2, 0) is 9.59 Å². The highest BCUT2D eigenvalue weighted by atomic mass is 19.1. The molecule has 0 aromatic heterocycles. The summed E-state index contributed by atoms with van der Waals surface area (Å²) in [6, 6.07) is 14.9. The molecule has 0 saturated heterocycles. The Morgan fingerprint density at radius 2 is 1.82 bits per heavy atom. The number of rotatable bonds is 5. The van der Waals surface area contributed by atoms with Crippen LogP contribution in [0.15, 0.2) is 60.7 Å². The van der Waals surface area contributed by atoms with Gasteiger partial charge < -0.3 is 10.6 Å². The minimum atomic E-state index is -0.437. The lowest BCUT2D eigenvalue weighted by Crippen LogP contribution is -2.31. The van der Waals surface area contributed by atoms with Crippen LogP contribution in [0.25, 0.3) is 6.08 Å². The topological polar surface area (TPSA) is 58.2 Å². The van der Waals surface area contributed by atoms with E-state index in [2.05, 4.69) is 10.6 Å². The first-order valence-corrected chi connectivity index (χ1v) is 6.70. The van der Waals surface area contributed by atoms with E-state index in [1.165, 1.54) is 24.3 Å². The Morgan fingerprint density at radius 1 is 1.05 bits per heavy atom. The highest BCUT2D eigenvalue weighted by Crippen LogP contribution is 2.08. The Balaban J connectivity index is 1.78. The molecule has 112 valence electrons. The monoisotopic (exact) mass is 298 g/mol. The number of nitrogens with one attached hydrogen (secondary N) is 2. The fraction of sp³-hybridized carbons (Fsp3) is 0.0588. The molecule has 2 amide bonds. The summed E-state index contributed by atoms with van der Waals surface area (Å²) in [4.78, 5) is 23.2. The summed E-state index contributed by atoms with van der Waals surface area (Å²) in [6.45, 7) is -0.186. The maximum Gasteiger partial charge on any atom is 0.244 e. The molecule has 0 heterocycles. The Bertz CT molecular complexity index is 684. The third-order valence-corrected chi connectivity index (χ3v) is 2.76. The Kier molecular flexibility index (Phi) is 5.43. The van der Waals surface area contributed by atoms with Crippen LogP contribution in [0.2, 0.25) is 0 Å². The number of halogens is 1. The minimum absolute atomic E-state index is 0.186. The van der Waals surface area contributed by atoms with Crippen molar-refractivity contribution in [1.29, 1.82) is 0 Å². The van der Waals surface area contributed by atoms with Gasteiger partial charge in [-0.2, -0.15) is 0 Å². The SMILES string of the molecule is O=C(/C=C/c1ccccc1)NCC(=O)Nc1cccc(F)c1. The zero-order chi connectivity index (χ0) is 15.8. The highest BCUT2D eigenvalue weighted by Gasteiger charge is 2.04. The van der Waals surface area contributed by atoms with Crippen LogP contribution in [-0.4, -0.2) is 18.4 Å². The molecule has 22 heavy (non-hydrogen) atoms. The summed E-state index contributed by atoms with van der Waals surface area (Å²) >= 11 is 0. The fourth-order valence-corrected chi connectivity index (χ4v) is 1.73. The molecule has 0 aliphatic heterocycles. The van der Waals surface area contributed by atoms with Crippen molar-refractivity contribution in [1.82, 2.24) is 5.32 Å². The van der Waals surface area contributed by atoms with E-state index in [1.807, 2.05) is 30.3 Å². The summed E-state index contributed by atoms with van der Waals surface area (Å²) in [5.74, 6) is -1.24. The standard InChI is InChI=1S/C17H15FN2O2/c18-14-7-4-8-15(11-14)20-17(22)12-19-16(21)10-9-13-5-2-1-3-6-13/h1-11H,12H2,(H,19,21)(H,20,22)/b10-9+. The molecule has 2 aromatic carbocycles. The quantitative estimate of drug-likeness (QED) is 0.834. The van der Waals surface area contributed by atoms with Gasteiger partial charge in [0.25, 0.3) is 0 Å². The number of anilines is 1. The third kappa shape index (κ3) is 5.20. The van der Waals surface area contributed by atoms with Gasteiger partial charge in [-0.25, -0.2) is 4.39 Å². The third-order valence-electron chi connectivity index (χ3n) is 2.76. The van der Waals surface area contributed by atoms with Gasteiger partial charge in [-0.3, -0.25) is 9.59 Å². The molecule has 0 saturated carbocycles. The summed E-state index contributed by atoms with van der Waals surface area (Å²) < 4.78 is 13.0. The number of benzene rings is 2. The number of amides is 2. The number of hydrogen-bond acceptors (Lipinski definition) is 2. The zero-order valence-corrected chi connectivity index (χ0v) is 11.8. The van der Waals surface area contributed by atoms with Crippen LogP contribution in [0.4, 0.5) is 10.1 Å². The van der Waals surface area contributed by atoms with E-state index in [1.54, 1.807) is 12.1 Å². The van der Waals surface area contributed by atoms with Crippen LogP contribution >= 0.6 is 0 Å². The first kappa shape index (κ1) is 15.4. The molecule has 0 bridgehead atoms. The summed E-state index contributed by atoms with van der Waals surface area (Å²) in [7, 11) is 0. The predicted octanol–water partition coefficient (Wildman–Crippen LogP) is 2.59. The van der Waals surface area contributed by atoms with Crippen molar-refractivity contribution in [2.24, 2.45) is 0 Å². The summed E-state index contributed by atoms with van der Waals surface area (Å²) in [5.41, 5.74) is 1.24. The van der Waals surface area contributed by atoms with E-state index in [9.17, 15) is 14.0 Å². The van der Waals surface area contributed by atoms with Crippen LogP contribution in [0.1, 0.15) is 5.56 Å². The Hall–Kier alpha value is -2.95. The van der Waals surface area contributed by atoms with Gasteiger partial charge in [0.2, 0.25) is 11.8 Å². The smallest absolute Gasteiger partial charge is 0.244 e. The largest absolute Gasteiger partial charge is 0.343 e. The average Bonchev–Trinajstić information content (AvgIpc) is 2.52. The normalized spacial score (nSPS) is 10.4. The molecule has 0 radical (unpaired) electrons. The second-order valence-electron chi connectivity index (χ2n) is 4.52. The van der Waals surface area contributed by atoms with Gasteiger partial charge in [0, 0.05) is 11.8 Å². The molecule has 0 aliphatic carbocycles. The second kappa shape index (κ2) is 7.73. The first-order chi connectivity index (χ1) is 10.6. The van der Waals surface area contributed by atoms with Crippen LogP contribution < -0.4 is 10.6 Å². The summed E-state index contributed by atoms with van der Waals surface area (Å²) in [5, 5.41) is 4.95. The summed E-state index contributed by atoms with van der Waals surface area (Å²) in [6.07, 6.45) is 3.00. The maximum atomic E-state index is 13.0. The van der Waals surface area contributed by atoms with Crippen molar-refractivity contribution in [2.75, 3.05) is 11.9 Å². The zero-order valence-electron chi connectivity index (χ0n) is 11.8. The molecule has 5 heteroatoms. The van der Waals surface area contributed by atoms with Gasteiger partial charge in [0.15, 0.2) is 0 Å². The van der Waals surface area contributed by atoms with Gasteiger partial charge in [-0.15, -0.1) is 0 Å². The van der Waals surface area contributed by atoms with Crippen molar-refractivity contribution in [2.45, 2.75) is 0 Å². The lowest BCUT2D eigenvalue weighted by molar-refractivity contribution is -0.121. The lowest BCUT2D eigenvalue weighted by atomic mass is 10.2. The van der Waals surface area contributed by atoms with Crippen molar-refractivity contribution in [3.63, 3.8) is 0 Å². The molecule has 0 fully saturated rings. The number of hydrogen-bond donors (Lipinski definition) is 2. The van der Waals surface area contributed by atoms with Crippen molar-refractivity contribution in [3.8, 4) is 0 Å². The predicted molar refractivity (Wildman–Crippen MR) is 83.5 cm³/mol. The van der Waals surface area contributed by atoms with Gasteiger partial charge in [-0.1, -0.05) is 36.4 Å². The fourth-order valence-electron chi connectivity index (χ4n) is 1.73. The van der Waals surface area contributed by atoms with E-state index in [0.717, 1.165) is 5.56 Å². The van der Waals surface area contributed by atoms with Crippen LogP contribution in [0, 0.1) is 5.82 Å². The molecular formula is C17H15FN2O2. The van der Waals surface area contributed by atoms with Crippen molar-refractivity contribution < 1.29 is 14.0 Å². The maximum absolute atomic E-state index is 13.0. The highest BCUT2D eigenvalue weighted by molar-refractivity contribution is 5.97. The molecule has 0 unspecified atom stereocenters. The Morgan fingerprint density at radius 3 is 2.55 bits per heavy atom. The minimum Gasteiger partial charge on any atom is -0.343 e. The van der Waals surface area contributed by atoms with Crippen LogP contribution in [0.5, 0.6) is 0 Å². The van der Waals surface area contributed by atoms with E-state index in [0.29, 0.717) is 5.69 Å². The second-order valence-corrected chi connectivity index (χ2v) is 4.52. The molecule has 0 aliphatic rings. The molecular weight excluding hydrogens is 283 g/mol. The molecule has 2 N–H and O–H groups in total. The van der Waals surface area contributed by atoms with Gasteiger partial charge >= 0.3 is 0 Å². The molecule has 4 nitrogen and oxygen atoms in total. The molecule has 0 atom stereocenters.